The molecule has 2 aromatic rings. The molecule has 0 spiro atoms. The van der Waals surface area contributed by atoms with Crippen LogP contribution in [0.2, 0.25) is 5.02 Å². The molecule has 0 bridgehead atoms. The van der Waals surface area contributed by atoms with E-state index in [4.69, 9.17) is 16.3 Å². The number of halogens is 2. The zero-order valence-corrected chi connectivity index (χ0v) is 17.3. The lowest BCUT2D eigenvalue weighted by molar-refractivity contribution is -0.133. The predicted octanol–water partition coefficient (Wildman–Crippen LogP) is 3.85. The number of hydrogen-bond acceptors (Lipinski definition) is 3. The number of hydrogen-bond donors (Lipinski definition) is 0. The Labute approximate surface area is 175 Å². The first-order chi connectivity index (χ1) is 13.9. The zero-order valence-electron chi connectivity index (χ0n) is 16.6. The van der Waals surface area contributed by atoms with Crippen molar-refractivity contribution in [3.05, 3.63) is 63.9 Å². The van der Waals surface area contributed by atoms with E-state index in [0.29, 0.717) is 37.8 Å². The van der Waals surface area contributed by atoms with Crippen LogP contribution in [0.1, 0.15) is 27.9 Å². The smallest absolute Gasteiger partial charge is 0.257 e. The first-order valence-corrected chi connectivity index (χ1v) is 9.95. The van der Waals surface area contributed by atoms with E-state index in [0.717, 1.165) is 16.9 Å². The summed E-state index contributed by atoms with van der Waals surface area (Å²) in [5.74, 6) is -0.200. The van der Waals surface area contributed by atoms with Crippen LogP contribution in [0.15, 0.2) is 36.4 Å². The second-order valence-corrected chi connectivity index (χ2v) is 7.55. The Morgan fingerprint density at radius 3 is 2.31 bits per heavy atom. The molecule has 1 saturated heterocycles. The standard InChI is InChI=1S/C22H24ClFN2O3/c1-15-4-3-5-16(2)21(15)29-13-8-20(27)25-9-11-26(12-10-25)22(28)18-14-17(23)6-7-19(18)24/h3-7,14H,8-13H2,1-2H3. The van der Waals surface area contributed by atoms with Gasteiger partial charge in [-0.15, -0.1) is 0 Å². The largest absolute Gasteiger partial charge is 0.493 e. The molecule has 0 aliphatic carbocycles. The van der Waals surface area contributed by atoms with Gasteiger partial charge in [-0.2, -0.15) is 0 Å². The van der Waals surface area contributed by atoms with E-state index in [9.17, 15) is 14.0 Å². The van der Waals surface area contributed by atoms with Gasteiger partial charge in [0.05, 0.1) is 18.6 Å². The fourth-order valence-corrected chi connectivity index (χ4v) is 3.59. The molecule has 3 rings (SSSR count). The van der Waals surface area contributed by atoms with Crippen molar-refractivity contribution in [3.8, 4) is 5.75 Å². The van der Waals surface area contributed by atoms with Crippen LogP contribution in [0.3, 0.4) is 0 Å². The molecule has 0 saturated carbocycles. The quantitative estimate of drug-likeness (QED) is 0.741. The molecule has 7 heteroatoms. The highest BCUT2D eigenvalue weighted by atomic mass is 35.5. The lowest BCUT2D eigenvalue weighted by atomic mass is 10.1. The molecule has 0 atom stereocenters. The molecule has 5 nitrogen and oxygen atoms in total. The third-order valence-corrected chi connectivity index (χ3v) is 5.28. The van der Waals surface area contributed by atoms with E-state index in [1.807, 2.05) is 32.0 Å². The van der Waals surface area contributed by atoms with Gasteiger partial charge in [0.25, 0.3) is 5.91 Å². The summed E-state index contributed by atoms with van der Waals surface area (Å²) in [4.78, 5) is 28.3. The maximum Gasteiger partial charge on any atom is 0.257 e. The topological polar surface area (TPSA) is 49.9 Å². The summed E-state index contributed by atoms with van der Waals surface area (Å²) >= 11 is 5.87. The van der Waals surface area contributed by atoms with Crippen molar-refractivity contribution in [1.82, 2.24) is 9.80 Å². The van der Waals surface area contributed by atoms with Gasteiger partial charge in [0.15, 0.2) is 0 Å². The van der Waals surface area contributed by atoms with E-state index in [2.05, 4.69) is 0 Å². The predicted molar refractivity (Wildman–Crippen MR) is 110 cm³/mol. The van der Waals surface area contributed by atoms with Crippen molar-refractivity contribution in [2.45, 2.75) is 20.3 Å². The first kappa shape index (κ1) is 21.1. The van der Waals surface area contributed by atoms with Gasteiger partial charge in [0.1, 0.15) is 11.6 Å². The molecule has 1 heterocycles. The van der Waals surface area contributed by atoms with E-state index in [1.54, 1.807) is 9.80 Å². The van der Waals surface area contributed by atoms with Crippen molar-refractivity contribution >= 4 is 23.4 Å². The van der Waals surface area contributed by atoms with Gasteiger partial charge < -0.3 is 14.5 Å². The lowest BCUT2D eigenvalue weighted by Gasteiger charge is -2.35. The second kappa shape index (κ2) is 9.27. The molecule has 1 aliphatic rings. The number of nitrogens with zero attached hydrogens (tertiary/aromatic N) is 2. The molecular formula is C22H24ClFN2O3. The molecule has 0 N–H and O–H groups in total. The Balaban J connectivity index is 1.49. The average Bonchev–Trinajstić information content (AvgIpc) is 2.71. The summed E-state index contributed by atoms with van der Waals surface area (Å²) in [5, 5.41) is 0.312. The zero-order chi connectivity index (χ0) is 21.0. The van der Waals surface area contributed by atoms with Crippen molar-refractivity contribution in [1.29, 1.82) is 0 Å². The van der Waals surface area contributed by atoms with Gasteiger partial charge >= 0.3 is 0 Å². The number of aryl methyl sites for hydroxylation is 2. The number of carbonyl (C=O) groups excluding carboxylic acids is 2. The molecule has 2 aromatic carbocycles. The summed E-state index contributed by atoms with van der Waals surface area (Å²) in [7, 11) is 0. The van der Waals surface area contributed by atoms with Crippen LogP contribution in [0.5, 0.6) is 5.75 Å². The molecule has 0 unspecified atom stereocenters. The fraction of sp³-hybridized carbons (Fsp3) is 0.364. The fourth-order valence-electron chi connectivity index (χ4n) is 3.42. The molecule has 29 heavy (non-hydrogen) atoms. The second-order valence-electron chi connectivity index (χ2n) is 7.12. The minimum absolute atomic E-state index is 0.0164. The van der Waals surface area contributed by atoms with E-state index < -0.39 is 11.7 Å². The highest BCUT2D eigenvalue weighted by Gasteiger charge is 2.26. The summed E-state index contributed by atoms with van der Waals surface area (Å²) in [6.45, 7) is 5.79. The van der Waals surface area contributed by atoms with Crippen LogP contribution in [-0.2, 0) is 4.79 Å². The van der Waals surface area contributed by atoms with Crippen LogP contribution in [0.4, 0.5) is 4.39 Å². The number of ether oxygens (including phenoxy) is 1. The van der Waals surface area contributed by atoms with Gasteiger partial charge in [-0.05, 0) is 43.2 Å². The first-order valence-electron chi connectivity index (χ1n) is 9.58. The third-order valence-electron chi connectivity index (χ3n) is 5.05. The highest BCUT2D eigenvalue weighted by Crippen LogP contribution is 2.22. The number of piperazine rings is 1. The molecule has 0 radical (unpaired) electrons. The van der Waals surface area contributed by atoms with Gasteiger partial charge in [0.2, 0.25) is 5.91 Å². The molecular weight excluding hydrogens is 395 g/mol. The molecule has 1 fully saturated rings. The number of para-hydroxylation sites is 1. The van der Waals surface area contributed by atoms with E-state index in [-0.39, 0.29) is 17.9 Å². The average molecular weight is 419 g/mol. The molecule has 2 amide bonds. The van der Waals surface area contributed by atoms with Crippen LogP contribution >= 0.6 is 11.6 Å². The highest BCUT2D eigenvalue weighted by molar-refractivity contribution is 6.31. The van der Waals surface area contributed by atoms with E-state index in [1.165, 1.54) is 18.2 Å². The Morgan fingerprint density at radius 1 is 1.03 bits per heavy atom. The summed E-state index contributed by atoms with van der Waals surface area (Å²) in [6.07, 6.45) is 0.268. The summed E-state index contributed by atoms with van der Waals surface area (Å²) in [5.41, 5.74) is 2.04. The van der Waals surface area contributed by atoms with Crippen molar-refractivity contribution in [3.63, 3.8) is 0 Å². The van der Waals surface area contributed by atoms with Crippen LogP contribution in [0.25, 0.3) is 0 Å². The minimum Gasteiger partial charge on any atom is -0.493 e. The monoisotopic (exact) mass is 418 g/mol. The van der Waals surface area contributed by atoms with Crippen molar-refractivity contribution in [2.75, 3.05) is 32.8 Å². The van der Waals surface area contributed by atoms with Gasteiger partial charge in [0, 0.05) is 31.2 Å². The number of amides is 2. The van der Waals surface area contributed by atoms with Crippen LogP contribution < -0.4 is 4.74 Å². The Morgan fingerprint density at radius 2 is 1.66 bits per heavy atom. The Bertz CT molecular complexity index is 891. The Kier molecular flexibility index (Phi) is 6.75. The minimum atomic E-state index is -0.596. The molecule has 0 aromatic heterocycles. The maximum absolute atomic E-state index is 13.9. The SMILES string of the molecule is Cc1cccc(C)c1OCCC(=O)N1CCN(C(=O)c2cc(Cl)ccc2F)CC1. The van der Waals surface area contributed by atoms with E-state index >= 15 is 0 Å². The maximum atomic E-state index is 13.9. The van der Waals surface area contributed by atoms with Gasteiger partial charge in [-0.3, -0.25) is 9.59 Å². The molecule has 1 aliphatic heterocycles. The van der Waals surface area contributed by atoms with Crippen LogP contribution in [0, 0.1) is 19.7 Å². The van der Waals surface area contributed by atoms with Gasteiger partial charge in [-0.25, -0.2) is 4.39 Å². The molecule has 154 valence electrons. The normalized spacial score (nSPS) is 14.1. The van der Waals surface area contributed by atoms with Crippen LogP contribution in [-0.4, -0.2) is 54.4 Å². The van der Waals surface area contributed by atoms with Crippen molar-refractivity contribution in [2.24, 2.45) is 0 Å². The third kappa shape index (κ3) is 5.07. The summed E-state index contributed by atoms with van der Waals surface area (Å²) in [6, 6.07) is 9.85. The number of carbonyl (C=O) groups is 2. The number of rotatable bonds is 5. The van der Waals surface area contributed by atoms with Crippen molar-refractivity contribution < 1.29 is 18.7 Å². The Hall–Kier alpha value is -2.60. The number of benzene rings is 2. The van der Waals surface area contributed by atoms with Gasteiger partial charge in [-0.1, -0.05) is 29.8 Å². The summed E-state index contributed by atoms with van der Waals surface area (Å²) < 4.78 is 19.7. The lowest BCUT2D eigenvalue weighted by Crippen LogP contribution is -2.50.